The van der Waals surface area contributed by atoms with Crippen molar-refractivity contribution in [3.63, 3.8) is 0 Å². The SMILES string of the molecule is CCc1ccc(-c2noc(-c3n[nH]c(C)n3)n2)cc1. The lowest BCUT2D eigenvalue weighted by Crippen LogP contribution is -1.84. The summed E-state index contributed by atoms with van der Waals surface area (Å²) in [6.45, 7) is 3.93. The number of nitrogens with one attached hydrogen (secondary N) is 1. The molecular formula is C13H13N5O. The van der Waals surface area contributed by atoms with E-state index in [1.165, 1.54) is 5.56 Å². The third-order valence-corrected chi connectivity index (χ3v) is 2.83. The fraction of sp³-hybridized carbons (Fsp3) is 0.231. The van der Waals surface area contributed by atoms with Gasteiger partial charge in [-0.25, -0.2) is 4.98 Å². The van der Waals surface area contributed by atoms with E-state index >= 15 is 0 Å². The molecule has 0 amide bonds. The highest BCUT2D eigenvalue weighted by Crippen LogP contribution is 2.20. The summed E-state index contributed by atoms with van der Waals surface area (Å²) < 4.78 is 5.17. The number of benzene rings is 1. The van der Waals surface area contributed by atoms with Crippen LogP contribution in [0.15, 0.2) is 28.8 Å². The highest BCUT2D eigenvalue weighted by molar-refractivity contribution is 5.57. The van der Waals surface area contributed by atoms with Crippen LogP contribution in [0.3, 0.4) is 0 Å². The molecule has 0 atom stereocenters. The smallest absolute Gasteiger partial charge is 0.297 e. The topological polar surface area (TPSA) is 80.5 Å². The molecule has 0 aliphatic carbocycles. The Morgan fingerprint density at radius 2 is 1.89 bits per heavy atom. The van der Waals surface area contributed by atoms with Gasteiger partial charge in [0.2, 0.25) is 11.6 Å². The molecule has 1 aromatic carbocycles. The maximum Gasteiger partial charge on any atom is 0.297 e. The van der Waals surface area contributed by atoms with Gasteiger partial charge in [0.05, 0.1) is 0 Å². The lowest BCUT2D eigenvalue weighted by Gasteiger charge is -1.96. The zero-order chi connectivity index (χ0) is 13.2. The minimum Gasteiger partial charge on any atom is -0.330 e. The molecule has 0 saturated heterocycles. The highest BCUT2D eigenvalue weighted by atomic mass is 16.5. The fourth-order valence-corrected chi connectivity index (χ4v) is 1.76. The first kappa shape index (κ1) is 11.6. The van der Waals surface area contributed by atoms with Crippen molar-refractivity contribution in [1.82, 2.24) is 25.3 Å². The number of H-pyrrole nitrogens is 1. The van der Waals surface area contributed by atoms with Crippen LogP contribution in [0, 0.1) is 6.92 Å². The van der Waals surface area contributed by atoms with Crippen molar-refractivity contribution in [3.8, 4) is 23.1 Å². The second-order valence-corrected chi connectivity index (χ2v) is 4.22. The van der Waals surface area contributed by atoms with Gasteiger partial charge in [-0.05, 0) is 18.9 Å². The summed E-state index contributed by atoms with van der Waals surface area (Å²) in [6.07, 6.45) is 1.01. The van der Waals surface area contributed by atoms with Gasteiger partial charge in [0, 0.05) is 5.56 Å². The van der Waals surface area contributed by atoms with Gasteiger partial charge >= 0.3 is 0 Å². The molecule has 3 rings (SSSR count). The molecule has 2 aromatic heterocycles. The summed E-state index contributed by atoms with van der Waals surface area (Å²) in [5.74, 6) is 1.99. The summed E-state index contributed by atoms with van der Waals surface area (Å²) in [5, 5.41) is 10.7. The average Bonchev–Trinajstić information content (AvgIpc) is 3.07. The first-order chi connectivity index (χ1) is 9.26. The van der Waals surface area contributed by atoms with E-state index < -0.39 is 0 Å². The number of aromatic amines is 1. The van der Waals surface area contributed by atoms with Gasteiger partial charge in [0.25, 0.3) is 5.89 Å². The standard InChI is InChI=1S/C13H13N5O/c1-3-9-4-6-10(7-5-9)11-15-13(19-18-11)12-14-8(2)16-17-12/h4-7H,3H2,1-2H3,(H,14,16,17). The van der Waals surface area contributed by atoms with Crippen molar-refractivity contribution >= 4 is 0 Å². The van der Waals surface area contributed by atoms with Crippen LogP contribution < -0.4 is 0 Å². The normalized spacial score (nSPS) is 10.8. The molecule has 1 N–H and O–H groups in total. The van der Waals surface area contributed by atoms with E-state index in [9.17, 15) is 0 Å². The van der Waals surface area contributed by atoms with Crippen molar-refractivity contribution < 1.29 is 4.52 Å². The zero-order valence-electron chi connectivity index (χ0n) is 10.7. The van der Waals surface area contributed by atoms with Crippen LogP contribution in [0.4, 0.5) is 0 Å². The maximum absolute atomic E-state index is 5.17. The number of hydrogen-bond donors (Lipinski definition) is 1. The van der Waals surface area contributed by atoms with Crippen LogP contribution in [0.2, 0.25) is 0 Å². The van der Waals surface area contributed by atoms with E-state index in [-0.39, 0.29) is 0 Å². The van der Waals surface area contributed by atoms with Crippen LogP contribution in [-0.2, 0) is 6.42 Å². The maximum atomic E-state index is 5.17. The second kappa shape index (κ2) is 4.64. The molecule has 2 heterocycles. The van der Waals surface area contributed by atoms with Gasteiger partial charge in [0.1, 0.15) is 5.82 Å². The van der Waals surface area contributed by atoms with Crippen molar-refractivity contribution in [1.29, 1.82) is 0 Å². The number of hydrogen-bond acceptors (Lipinski definition) is 5. The summed E-state index contributed by atoms with van der Waals surface area (Å²) in [5.41, 5.74) is 2.19. The number of nitrogens with zero attached hydrogens (tertiary/aromatic N) is 4. The highest BCUT2D eigenvalue weighted by Gasteiger charge is 2.14. The second-order valence-electron chi connectivity index (χ2n) is 4.22. The Kier molecular flexibility index (Phi) is 2.83. The number of rotatable bonds is 3. The molecule has 0 aliphatic heterocycles. The van der Waals surface area contributed by atoms with Gasteiger partial charge in [-0.1, -0.05) is 36.3 Å². The monoisotopic (exact) mass is 255 g/mol. The van der Waals surface area contributed by atoms with E-state index in [0.29, 0.717) is 23.4 Å². The minimum absolute atomic E-state index is 0.318. The third-order valence-electron chi connectivity index (χ3n) is 2.83. The molecule has 0 unspecified atom stereocenters. The van der Waals surface area contributed by atoms with E-state index in [1.54, 1.807) is 0 Å². The van der Waals surface area contributed by atoms with Gasteiger partial charge in [-0.15, -0.1) is 5.10 Å². The molecular weight excluding hydrogens is 242 g/mol. The van der Waals surface area contributed by atoms with Crippen molar-refractivity contribution in [3.05, 3.63) is 35.7 Å². The fourth-order valence-electron chi connectivity index (χ4n) is 1.76. The van der Waals surface area contributed by atoms with Crippen molar-refractivity contribution in [2.75, 3.05) is 0 Å². The first-order valence-corrected chi connectivity index (χ1v) is 6.08. The Morgan fingerprint density at radius 3 is 2.53 bits per heavy atom. The summed E-state index contributed by atoms with van der Waals surface area (Å²) in [7, 11) is 0. The summed E-state index contributed by atoms with van der Waals surface area (Å²) in [4.78, 5) is 8.45. The van der Waals surface area contributed by atoms with Crippen LogP contribution in [0.5, 0.6) is 0 Å². The predicted octanol–water partition coefficient (Wildman–Crippen LogP) is 2.39. The van der Waals surface area contributed by atoms with E-state index in [1.807, 2.05) is 19.1 Å². The quantitative estimate of drug-likeness (QED) is 0.777. The van der Waals surface area contributed by atoms with Gasteiger partial charge < -0.3 is 4.52 Å². The molecule has 6 heteroatoms. The lowest BCUT2D eigenvalue weighted by atomic mass is 10.1. The Bertz CT molecular complexity index is 683. The molecule has 0 radical (unpaired) electrons. The van der Waals surface area contributed by atoms with Crippen LogP contribution in [0.25, 0.3) is 23.1 Å². The first-order valence-electron chi connectivity index (χ1n) is 6.08. The van der Waals surface area contributed by atoms with Crippen LogP contribution in [0.1, 0.15) is 18.3 Å². The zero-order valence-corrected chi connectivity index (χ0v) is 10.7. The van der Waals surface area contributed by atoms with Gasteiger partial charge in [-0.2, -0.15) is 4.98 Å². The molecule has 3 aromatic rings. The Hall–Kier alpha value is -2.50. The van der Waals surface area contributed by atoms with Crippen LogP contribution in [-0.4, -0.2) is 25.3 Å². The Balaban J connectivity index is 1.91. The largest absolute Gasteiger partial charge is 0.330 e. The van der Waals surface area contributed by atoms with E-state index in [4.69, 9.17) is 4.52 Å². The van der Waals surface area contributed by atoms with Crippen molar-refractivity contribution in [2.45, 2.75) is 20.3 Å². The summed E-state index contributed by atoms with van der Waals surface area (Å²) in [6, 6.07) is 8.08. The Morgan fingerprint density at radius 1 is 1.11 bits per heavy atom. The number of aryl methyl sites for hydroxylation is 2. The molecule has 0 fully saturated rings. The average molecular weight is 255 g/mol. The lowest BCUT2D eigenvalue weighted by molar-refractivity contribution is 0.429. The van der Waals surface area contributed by atoms with E-state index in [0.717, 1.165) is 12.0 Å². The summed E-state index contributed by atoms with van der Waals surface area (Å²) >= 11 is 0. The van der Waals surface area contributed by atoms with Crippen LogP contribution >= 0.6 is 0 Å². The molecule has 0 bridgehead atoms. The molecule has 0 saturated carbocycles. The molecule has 96 valence electrons. The molecule has 19 heavy (non-hydrogen) atoms. The van der Waals surface area contributed by atoms with Crippen molar-refractivity contribution in [2.24, 2.45) is 0 Å². The predicted molar refractivity (Wildman–Crippen MR) is 69.2 cm³/mol. The number of aromatic nitrogens is 5. The van der Waals surface area contributed by atoms with Gasteiger partial charge in [0.15, 0.2) is 0 Å². The van der Waals surface area contributed by atoms with E-state index in [2.05, 4.69) is 44.4 Å². The molecule has 6 nitrogen and oxygen atoms in total. The minimum atomic E-state index is 0.318. The molecule has 0 spiro atoms. The van der Waals surface area contributed by atoms with Gasteiger partial charge in [-0.3, -0.25) is 5.10 Å². The Labute approximate surface area is 109 Å². The third kappa shape index (κ3) is 2.24. The molecule has 0 aliphatic rings.